The van der Waals surface area contributed by atoms with Crippen LogP contribution < -0.4 is 10.6 Å². The second-order valence-electron chi connectivity index (χ2n) is 4.78. The summed E-state index contributed by atoms with van der Waals surface area (Å²) in [5, 5.41) is 15.4. The maximum atomic E-state index is 12.1. The minimum atomic E-state index is -0.342. The van der Waals surface area contributed by atoms with Gasteiger partial charge >= 0.3 is 0 Å². The van der Waals surface area contributed by atoms with Crippen LogP contribution in [0.15, 0.2) is 0 Å². The average Bonchev–Trinajstić information content (AvgIpc) is 2.29. The molecule has 0 radical (unpaired) electrons. The van der Waals surface area contributed by atoms with Gasteiger partial charge in [0.25, 0.3) is 0 Å². The fourth-order valence-electron chi connectivity index (χ4n) is 2.23. The monoisotopic (exact) mass is 228 g/mol. The summed E-state index contributed by atoms with van der Waals surface area (Å²) in [5.41, 5.74) is -0.177. The first-order chi connectivity index (χ1) is 7.60. The molecule has 0 spiro atoms. The molecule has 16 heavy (non-hydrogen) atoms. The number of rotatable bonds is 5. The molecule has 1 unspecified atom stereocenters. The minimum absolute atomic E-state index is 0.164. The summed E-state index contributed by atoms with van der Waals surface area (Å²) in [6, 6.07) is 0. The van der Waals surface area contributed by atoms with Crippen molar-refractivity contribution in [1.82, 2.24) is 10.6 Å². The van der Waals surface area contributed by atoms with E-state index in [2.05, 4.69) is 17.6 Å². The summed E-state index contributed by atoms with van der Waals surface area (Å²) >= 11 is 0. The fourth-order valence-corrected chi connectivity index (χ4v) is 2.23. The van der Waals surface area contributed by atoms with Crippen LogP contribution in [0.25, 0.3) is 0 Å². The highest BCUT2D eigenvalue weighted by Crippen LogP contribution is 2.32. The quantitative estimate of drug-likeness (QED) is 0.647. The van der Waals surface area contributed by atoms with Gasteiger partial charge in [-0.1, -0.05) is 6.92 Å². The van der Waals surface area contributed by atoms with Gasteiger partial charge in [-0.3, -0.25) is 4.79 Å². The smallest absolute Gasteiger partial charge is 0.226 e. The Morgan fingerprint density at radius 1 is 1.50 bits per heavy atom. The zero-order valence-corrected chi connectivity index (χ0v) is 10.4. The van der Waals surface area contributed by atoms with E-state index in [0.29, 0.717) is 13.0 Å². The van der Waals surface area contributed by atoms with E-state index >= 15 is 0 Å². The zero-order chi connectivity index (χ0) is 12.0. The van der Waals surface area contributed by atoms with Crippen LogP contribution in [-0.4, -0.2) is 36.8 Å². The van der Waals surface area contributed by atoms with Crippen molar-refractivity contribution < 1.29 is 9.90 Å². The summed E-state index contributed by atoms with van der Waals surface area (Å²) in [7, 11) is 0. The van der Waals surface area contributed by atoms with Gasteiger partial charge in [0.1, 0.15) is 0 Å². The summed E-state index contributed by atoms with van der Waals surface area (Å²) in [5.74, 6) is 0.164. The van der Waals surface area contributed by atoms with Gasteiger partial charge in [-0.05, 0) is 45.7 Å². The number of carbonyl (C=O) groups excluding carboxylic acids is 1. The van der Waals surface area contributed by atoms with Crippen LogP contribution in [0.1, 0.15) is 39.5 Å². The van der Waals surface area contributed by atoms with E-state index in [4.69, 9.17) is 5.11 Å². The van der Waals surface area contributed by atoms with E-state index in [9.17, 15) is 4.79 Å². The SMILES string of the molecule is CCC1(C(=O)NCCC(C)O)CCNCC1. The highest BCUT2D eigenvalue weighted by molar-refractivity contribution is 5.82. The van der Waals surface area contributed by atoms with Crippen molar-refractivity contribution >= 4 is 5.91 Å². The predicted molar refractivity (Wildman–Crippen MR) is 64.1 cm³/mol. The number of amides is 1. The van der Waals surface area contributed by atoms with Gasteiger partial charge in [0.2, 0.25) is 5.91 Å². The predicted octanol–water partition coefficient (Wildman–Crippen LogP) is 0.653. The van der Waals surface area contributed by atoms with Crippen molar-refractivity contribution in [3.63, 3.8) is 0 Å². The lowest BCUT2D eigenvalue weighted by atomic mass is 9.76. The van der Waals surface area contributed by atoms with Crippen LogP contribution in [0.3, 0.4) is 0 Å². The Morgan fingerprint density at radius 2 is 2.12 bits per heavy atom. The Morgan fingerprint density at radius 3 is 2.62 bits per heavy atom. The molecule has 1 heterocycles. The van der Waals surface area contributed by atoms with E-state index in [1.54, 1.807) is 6.92 Å². The first kappa shape index (κ1) is 13.5. The van der Waals surface area contributed by atoms with Crippen molar-refractivity contribution in [3.8, 4) is 0 Å². The topological polar surface area (TPSA) is 61.4 Å². The molecular formula is C12H24N2O2. The van der Waals surface area contributed by atoms with Crippen LogP contribution in [0, 0.1) is 5.41 Å². The van der Waals surface area contributed by atoms with Gasteiger partial charge in [0.05, 0.1) is 11.5 Å². The molecule has 4 nitrogen and oxygen atoms in total. The van der Waals surface area contributed by atoms with E-state index in [1.807, 2.05) is 0 Å². The number of hydrogen-bond acceptors (Lipinski definition) is 3. The fraction of sp³-hybridized carbons (Fsp3) is 0.917. The van der Waals surface area contributed by atoms with E-state index in [0.717, 1.165) is 32.4 Å². The molecule has 0 aromatic heterocycles. The van der Waals surface area contributed by atoms with Crippen LogP contribution in [0.2, 0.25) is 0 Å². The second-order valence-corrected chi connectivity index (χ2v) is 4.78. The number of nitrogens with one attached hydrogen (secondary N) is 2. The van der Waals surface area contributed by atoms with Crippen LogP contribution in [0.5, 0.6) is 0 Å². The molecule has 4 heteroatoms. The second kappa shape index (κ2) is 6.21. The third kappa shape index (κ3) is 3.46. The van der Waals surface area contributed by atoms with Crippen molar-refractivity contribution in [2.24, 2.45) is 5.41 Å². The molecule has 94 valence electrons. The number of aliphatic hydroxyl groups is 1. The molecule has 1 amide bonds. The van der Waals surface area contributed by atoms with Crippen molar-refractivity contribution in [1.29, 1.82) is 0 Å². The summed E-state index contributed by atoms with van der Waals surface area (Å²) < 4.78 is 0. The Labute approximate surface area is 97.8 Å². The minimum Gasteiger partial charge on any atom is -0.393 e. The summed E-state index contributed by atoms with van der Waals surface area (Å²) in [6.45, 7) is 6.26. The molecule has 1 fully saturated rings. The number of piperidine rings is 1. The van der Waals surface area contributed by atoms with Gasteiger partial charge in [-0.15, -0.1) is 0 Å². The lowest BCUT2D eigenvalue weighted by Crippen LogP contribution is -2.47. The molecule has 0 bridgehead atoms. The van der Waals surface area contributed by atoms with Crippen LogP contribution in [0.4, 0.5) is 0 Å². The third-order valence-electron chi connectivity index (χ3n) is 3.57. The standard InChI is InChI=1S/C12H24N2O2/c1-3-12(5-8-13-9-6-12)11(16)14-7-4-10(2)15/h10,13,15H,3-9H2,1-2H3,(H,14,16). The van der Waals surface area contributed by atoms with E-state index in [-0.39, 0.29) is 17.4 Å². The van der Waals surface area contributed by atoms with Gasteiger partial charge in [0, 0.05) is 6.54 Å². The molecule has 1 aliphatic heterocycles. The first-order valence-corrected chi connectivity index (χ1v) is 6.28. The molecule has 3 N–H and O–H groups in total. The Hall–Kier alpha value is -0.610. The van der Waals surface area contributed by atoms with Gasteiger partial charge in [-0.2, -0.15) is 0 Å². The average molecular weight is 228 g/mol. The lowest BCUT2D eigenvalue weighted by Gasteiger charge is -2.35. The van der Waals surface area contributed by atoms with E-state index in [1.165, 1.54) is 0 Å². The Kier molecular flexibility index (Phi) is 5.22. The zero-order valence-electron chi connectivity index (χ0n) is 10.4. The normalized spacial score (nSPS) is 21.4. The third-order valence-corrected chi connectivity index (χ3v) is 3.57. The van der Waals surface area contributed by atoms with Gasteiger partial charge < -0.3 is 15.7 Å². The first-order valence-electron chi connectivity index (χ1n) is 6.28. The van der Waals surface area contributed by atoms with Crippen LogP contribution >= 0.6 is 0 Å². The molecule has 1 saturated heterocycles. The van der Waals surface area contributed by atoms with E-state index < -0.39 is 0 Å². The molecule has 1 atom stereocenters. The van der Waals surface area contributed by atoms with Gasteiger partial charge in [0.15, 0.2) is 0 Å². The Balaban J connectivity index is 2.42. The highest BCUT2D eigenvalue weighted by Gasteiger charge is 2.37. The van der Waals surface area contributed by atoms with Crippen molar-refractivity contribution in [2.75, 3.05) is 19.6 Å². The maximum absolute atomic E-state index is 12.1. The molecule has 0 aromatic carbocycles. The van der Waals surface area contributed by atoms with Gasteiger partial charge in [-0.25, -0.2) is 0 Å². The van der Waals surface area contributed by atoms with Crippen molar-refractivity contribution in [3.05, 3.63) is 0 Å². The molecule has 0 aromatic rings. The number of carbonyl (C=O) groups is 1. The van der Waals surface area contributed by atoms with Crippen molar-refractivity contribution in [2.45, 2.75) is 45.6 Å². The maximum Gasteiger partial charge on any atom is 0.226 e. The highest BCUT2D eigenvalue weighted by atomic mass is 16.3. The molecular weight excluding hydrogens is 204 g/mol. The molecule has 0 saturated carbocycles. The summed E-state index contributed by atoms with van der Waals surface area (Å²) in [6.07, 6.45) is 3.03. The lowest BCUT2D eigenvalue weighted by molar-refractivity contribution is -0.132. The number of aliphatic hydroxyl groups excluding tert-OH is 1. The Bertz CT molecular complexity index is 223. The number of hydrogen-bond donors (Lipinski definition) is 3. The largest absolute Gasteiger partial charge is 0.393 e. The van der Waals surface area contributed by atoms with Crippen LogP contribution in [-0.2, 0) is 4.79 Å². The molecule has 1 rings (SSSR count). The molecule has 0 aliphatic carbocycles. The molecule has 1 aliphatic rings. The summed E-state index contributed by atoms with van der Waals surface area (Å²) in [4.78, 5) is 12.1.